The predicted molar refractivity (Wildman–Crippen MR) is 83.6 cm³/mol. The molecule has 5 heteroatoms. The maximum Gasteiger partial charge on any atom is 0.157 e. The fourth-order valence-electron chi connectivity index (χ4n) is 2.39. The lowest BCUT2D eigenvalue weighted by molar-refractivity contribution is 0.414. The van der Waals surface area contributed by atoms with Gasteiger partial charge in [0.05, 0.1) is 24.7 Å². The molecule has 0 saturated heterocycles. The Kier molecular flexibility index (Phi) is 3.48. The number of aromatic nitrogens is 3. The summed E-state index contributed by atoms with van der Waals surface area (Å²) >= 11 is 0. The third-order valence-corrected chi connectivity index (χ3v) is 3.49. The Labute approximate surface area is 123 Å². The Morgan fingerprint density at radius 1 is 1.29 bits per heavy atom. The molecule has 21 heavy (non-hydrogen) atoms. The average molecular weight is 282 g/mol. The number of fused-ring (bicyclic) bond motifs is 1. The second kappa shape index (κ2) is 5.44. The van der Waals surface area contributed by atoms with Crippen molar-refractivity contribution in [1.82, 2.24) is 14.8 Å². The zero-order valence-electron chi connectivity index (χ0n) is 12.4. The molecule has 0 amide bonds. The number of pyridine rings is 1. The third kappa shape index (κ3) is 2.67. The van der Waals surface area contributed by atoms with Crippen molar-refractivity contribution in [2.45, 2.75) is 13.5 Å². The van der Waals surface area contributed by atoms with Gasteiger partial charge in [-0.25, -0.2) is 4.98 Å². The van der Waals surface area contributed by atoms with E-state index in [0.29, 0.717) is 0 Å². The Balaban J connectivity index is 1.80. The van der Waals surface area contributed by atoms with Crippen LogP contribution in [0.25, 0.3) is 11.0 Å². The van der Waals surface area contributed by atoms with Gasteiger partial charge in [0.2, 0.25) is 0 Å². The zero-order chi connectivity index (χ0) is 14.8. The topological polar surface area (TPSA) is 52.0 Å². The molecular formula is C16H18N4O. The van der Waals surface area contributed by atoms with Crippen molar-refractivity contribution in [3.05, 3.63) is 47.8 Å². The van der Waals surface area contributed by atoms with Crippen molar-refractivity contribution >= 4 is 16.7 Å². The SMILES string of the molecule is COc1cccc(CNc2cnc3c(c2)c(C)nn3C)c1. The Bertz CT molecular complexity index is 779. The van der Waals surface area contributed by atoms with Crippen LogP contribution in [-0.4, -0.2) is 21.9 Å². The summed E-state index contributed by atoms with van der Waals surface area (Å²) < 4.78 is 7.03. The molecule has 2 heterocycles. The second-order valence-electron chi connectivity index (χ2n) is 5.01. The molecule has 0 radical (unpaired) electrons. The van der Waals surface area contributed by atoms with Gasteiger partial charge in [0.25, 0.3) is 0 Å². The predicted octanol–water partition coefficient (Wildman–Crippen LogP) is 2.90. The van der Waals surface area contributed by atoms with Gasteiger partial charge < -0.3 is 10.1 Å². The average Bonchev–Trinajstić information content (AvgIpc) is 2.80. The van der Waals surface area contributed by atoms with E-state index < -0.39 is 0 Å². The minimum absolute atomic E-state index is 0.726. The molecule has 5 nitrogen and oxygen atoms in total. The Morgan fingerprint density at radius 3 is 2.95 bits per heavy atom. The molecule has 3 aromatic rings. The standard InChI is InChI=1S/C16H18N4O/c1-11-15-8-13(10-18-16(15)20(2)19-11)17-9-12-5-4-6-14(7-12)21-3/h4-8,10,17H,9H2,1-3H3. The van der Waals surface area contributed by atoms with Gasteiger partial charge in [0.1, 0.15) is 5.75 Å². The molecule has 0 fully saturated rings. The largest absolute Gasteiger partial charge is 0.497 e. The first kappa shape index (κ1) is 13.4. The van der Waals surface area contributed by atoms with Crippen LogP contribution in [-0.2, 0) is 13.6 Å². The summed E-state index contributed by atoms with van der Waals surface area (Å²) in [6.45, 7) is 2.72. The van der Waals surface area contributed by atoms with Gasteiger partial charge in [0, 0.05) is 19.0 Å². The van der Waals surface area contributed by atoms with E-state index in [0.717, 1.165) is 40.3 Å². The molecule has 0 saturated carbocycles. The maximum absolute atomic E-state index is 5.23. The first-order chi connectivity index (χ1) is 10.2. The molecule has 1 aromatic carbocycles. The van der Waals surface area contributed by atoms with Crippen molar-refractivity contribution in [3.8, 4) is 5.75 Å². The molecule has 3 rings (SSSR count). The molecular weight excluding hydrogens is 264 g/mol. The van der Waals surface area contributed by atoms with Crippen LogP contribution in [0.15, 0.2) is 36.5 Å². The number of anilines is 1. The van der Waals surface area contributed by atoms with E-state index in [4.69, 9.17) is 4.74 Å². The van der Waals surface area contributed by atoms with Crippen molar-refractivity contribution in [2.24, 2.45) is 7.05 Å². The smallest absolute Gasteiger partial charge is 0.157 e. The first-order valence-corrected chi connectivity index (χ1v) is 6.83. The van der Waals surface area contributed by atoms with Crippen molar-refractivity contribution in [2.75, 3.05) is 12.4 Å². The summed E-state index contributed by atoms with van der Waals surface area (Å²) in [5.41, 5.74) is 4.04. The number of hydrogen-bond donors (Lipinski definition) is 1. The third-order valence-electron chi connectivity index (χ3n) is 3.49. The van der Waals surface area contributed by atoms with Crippen LogP contribution in [0, 0.1) is 6.92 Å². The number of ether oxygens (including phenoxy) is 1. The molecule has 0 aliphatic rings. The van der Waals surface area contributed by atoms with Gasteiger partial charge in [0.15, 0.2) is 5.65 Å². The Hall–Kier alpha value is -2.56. The fourth-order valence-corrected chi connectivity index (χ4v) is 2.39. The fraction of sp³-hybridized carbons (Fsp3) is 0.250. The normalized spacial score (nSPS) is 10.8. The molecule has 0 unspecified atom stereocenters. The highest BCUT2D eigenvalue weighted by Gasteiger charge is 2.06. The number of hydrogen-bond acceptors (Lipinski definition) is 4. The highest BCUT2D eigenvalue weighted by molar-refractivity contribution is 5.81. The summed E-state index contributed by atoms with van der Waals surface area (Å²) in [6.07, 6.45) is 1.84. The van der Waals surface area contributed by atoms with Crippen LogP contribution in [0.3, 0.4) is 0 Å². The molecule has 2 aromatic heterocycles. The molecule has 0 aliphatic heterocycles. The maximum atomic E-state index is 5.23. The van der Waals surface area contributed by atoms with Crippen LogP contribution in [0.5, 0.6) is 5.75 Å². The van der Waals surface area contributed by atoms with E-state index in [9.17, 15) is 0 Å². The highest BCUT2D eigenvalue weighted by Crippen LogP contribution is 2.20. The van der Waals surface area contributed by atoms with Crippen LogP contribution >= 0.6 is 0 Å². The van der Waals surface area contributed by atoms with Crippen LogP contribution in [0.2, 0.25) is 0 Å². The molecule has 0 bridgehead atoms. The van der Waals surface area contributed by atoms with Crippen molar-refractivity contribution in [1.29, 1.82) is 0 Å². The van der Waals surface area contributed by atoms with E-state index in [1.165, 1.54) is 0 Å². The van der Waals surface area contributed by atoms with E-state index in [1.807, 2.05) is 38.4 Å². The summed E-state index contributed by atoms with van der Waals surface area (Å²) in [7, 11) is 3.58. The lowest BCUT2D eigenvalue weighted by Gasteiger charge is -2.08. The van der Waals surface area contributed by atoms with Gasteiger partial charge in [-0.2, -0.15) is 5.10 Å². The quantitative estimate of drug-likeness (QED) is 0.799. The highest BCUT2D eigenvalue weighted by atomic mass is 16.5. The van der Waals surface area contributed by atoms with Gasteiger partial charge in [-0.05, 0) is 30.7 Å². The minimum atomic E-state index is 0.726. The van der Waals surface area contributed by atoms with Gasteiger partial charge in [-0.3, -0.25) is 4.68 Å². The van der Waals surface area contributed by atoms with E-state index in [2.05, 4.69) is 27.5 Å². The number of aryl methyl sites for hydroxylation is 2. The van der Waals surface area contributed by atoms with Gasteiger partial charge >= 0.3 is 0 Å². The van der Waals surface area contributed by atoms with Gasteiger partial charge in [-0.1, -0.05) is 12.1 Å². The number of benzene rings is 1. The lowest BCUT2D eigenvalue weighted by Crippen LogP contribution is -2.00. The molecule has 1 N–H and O–H groups in total. The minimum Gasteiger partial charge on any atom is -0.497 e. The van der Waals surface area contributed by atoms with E-state index in [-0.39, 0.29) is 0 Å². The van der Waals surface area contributed by atoms with E-state index >= 15 is 0 Å². The van der Waals surface area contributed by atoms with Crippen LogP contribution < -0.4 is 10.1 Å². The number of nitrogens with one attached hydrogen (secondary N) is 1. The van der Waals surface area contributed by atoms with Gasteiger partial charge in [-0.15, -0.1) is 0 Å². The summed E-state index contributed by atoms with van der Waals surface area (Å²) in [5.74, 6) is 0.867. The number of nitrogens with zero attached hydrogens (tertiary/aromatic N) is 3. The molecule has 108 valence electrons. The lowest BCUT2D eigenvalue weighted by atomic mass is 10.2. The van der Waals surface area contributed by atoms with E-state index in [1.54, 1.807) is 11.8 Å². The number of methoxy groups -OCH3 is 1. The number of rotatable bonds is 4. The van der Waals surface area contributed by atoms with Crippen LogP contribution in [0.1, 0.15) is 11.3 Å². The van der Waals surface area contributed by atoms with Crippen molar-refractivity contribution < 1.29 is 4.74 Å². The Morgan fingerprint density at radius 2 is 2.14 bits per heavy atom. The zero-order valence-corrected chi connectivity index (χ0v) is 12.4. The summed E-state index contributed by atoms with van der Waals surface area (Å²) in [5, 5.41) is 8.84. The monoisotopic (exact) mass is 282 g/mol. The summed E-state index contributed by atoms with van der Waals surface area (Å²) in [6, 6.07) is 10.1. The van der Waals surface area contributed by atoms with Crippen molar-refractivity contribution in [3.63, 3.8) is 0 Å². The first-order valence-electron chi connectivity index (χ1n) is 6.83. The summed E-state index contributed by atoms with van der Waals surface area (Å²) in [4.78, 5) is 4.46. The van der Waals surface area contributed by atoms with Crippen LogP contribution in [0.4, 0.5) is 5.69 Å². The molecule has 0 spiro atoms. The molecule has 0 atom stereocenters. The molecule has 0 aliphatic carbocycles. The second-order valence-corrected chi connectivity index (χ2v) is 5.01.